The molecule has 6 heteroatoms. The molecule has 1 amide bonds. The van der Waals surface area contributed by atoms with Crippen molar-refractivity contribution in [2.45, 2.75) is 83.8 Å². The van der Waals surface area contributed by atoms with Crippen molar-refractivity contribution in [3.63, 3.8) is 0 Å². The van der Waals surface area contributed by atoms with E-state index in [-0.39, 0.29) is 21.7 Å². The van der Waals surface area contributed by atoms with Gasteiger partial charge in [0.25, 0.3) is 6.09 Å². The third-order valence-electron chi connectivity index (χ3n) is 5.80. The molecule has 1 heterocycles. The second-order valence-electron chi connectivity index (χ2n) is 9.33. The van der Waals surface area contributed by atoms with Crippen LogP contribution in [-0.4, -0.2) is 56.8 Å². The molecular formula is C17H35NO4Si. The second-order valence-corrected chi connectivity index (χ2v) is 14.1. The number of quaternary nitrogens is 1. The van der Waals surface area contributed by atoms with Crippen LogP contribution >= 0.6 is 0 Å². The van der Waals surface area contributed by atoms with E-state index in [1.54, 1.807) is 7.11 Å². The highest BCUT2D eigenvalue weighted by atomic mass is 28.4. The van der Waals surface area contributed by atoms with E-state index >= 15 is 0 Å². The molecule has 0 aromatic rings. The summed E-state index contributed by atoms with van der Waals surface area (Å²) in [6.45, 7) is 17.8. The lowest BCUT2D eigenvalue weighted by Crippen LogP contribution is -2.71. The maximum Gasteiger partial charge on any atom is 0.258 e. The van der Waals surface area contributed by atoms with E-state index in [4.69, 9.17) is 9.16 Å². The van der Waals surface area contributed by atoms with Crippen LogP contribution in [0.1, 0.15) is 48.0 Å². The van der Waals surface area contributed by atoms with Crippen LogP contribution in [0.15, 0.2) is 0 Å². The molecule has 1 aliphatic rings. The van der Waals surface area contributed by atoms with Crippen molar-refractivity contribution < 1.29 is 23.5 Å². The molecule has 0 radical (unpaired) electrons. The molecule has 0 aromatic heterocycles. The predicted molar refractivity (Wildman–Crippen MR) is 92.6 cm³/mol. The molecule has 1 saturated heterocycles. The molecule has 1 rings (SSSR count). The quantitative estimate of drug-likeness (QED) is 0.581. The number of rotatable bonds is 4. The van der Waals surface area contributed by atoms with Gasteiger partial charge in [-0.1, -0.05) is 20.8 Å². The van der Waals surface area contributed by atoms with Crippen molar-refractivity contribution >= 4 is 14.4 Å². The molecule has 1 fully saturated rings. The second kappa shape index (κ2) is 6.46. The van der Waals surface area contributed by atoms with E-state index < -0.39 is 19.9 Å². The zero-order chi connectivity index (χ0) is 18.3. The highest BCUT2D eigenvalue weighted by Crippen LogP contribution is 2.42. The van der Waals surface area contributed by atoms with Gasteiger partial charge in [0.15, 0.2) is 8.32 Å². The standard InChI is InChI=1S/C17H35NO4Si/c1-16(2,3)18(15(19)20)11-14(10-13(18)12-21-7)22-23(8,9)17(4,5)6/h13-14H,10-12H2,1-9H3/t13-,14+,18?/m1/s1. The monoisotopic (exact) mass is 345 g/mol. The zero-order valence-corrected chi connectivity index (χ0v) is 17.4. The maximum absolute atomic E-state index is 12.1. The molecule has 0 aliphatic carbocycles. The highest BCUT2D eigenvalue weighted by Gasteiger charge is 2.57. The number of hydrogen-bond acceptors (Lipinski definition) is 4. The first-order valence-corrected chi connectivity index (χ1v) is 11.4. The Morgan fingerprint density at radius 3 is 2.09 bits per heavy atom. The normalized spacial score (nSPS) is 29.8. The summed E-state index contributed by atoms with van der Waals surface area (Å²) in [5, 5.41) is 12.2. The van der Waals surface area contributed by atoms with E-state index in [9.17, 15) is 9.90 Å². The summed E-state index contributed by atoms with van der Waals surface area (Å²) in [4.78, 5) is 12.1. The van der Waals surface area contributed by atoms with Crippen molar-refractivity contribution in [2.75, 3.05) is 20.3 Å². The number of likely N-dealkylation sites (tertiary alicyclic amines) is 1. The minimum absolute atomic E-state index is 0.0619. The third kappa shape index (κ3) is 3.81. The predicted octanol–water partition coefficient (Wildman–Crippen LogP) is 2.75. The summed E-state index contributed by atoms with van der Waals surface area (Å²) in [5.41, 5.74) is -0.465. The molecular weight excluding hydrogens is 310 g/mol. The summed E-state index contributed by atoms with van der Waals surface area (Å²) >= 11 is 0. The van der Waals surface area contributed by atoms with Gasteiger partial charge in [-0.2, -0.15) is 0 Å². The minimum Gasteiger partial charge on any atom is -0.498 e. The van der Waals surface area contributed by atoms with Crippen LogP contribution in [0.3, 0.4) is 0 Å². The summed E-state index contributed by atoms with van der Waals surface area (Å²) in [7, 11) is -0.323. The van der Waals surface area contributed by atoms with Crippen LogP contribution in [0.2, 0.25) is 18.1 Å². The van der Waals surface area contributed by atoms with Gasteiger partial charge in [-0.3, -0.25) is 4.48 Å². The van der Waals surface area contributed by atoms with Gasteiger partial charge in [0.2, 0.25) is 0 Å². The van der Waals surface area contributed by atoms with E-state index in [1.807, 2.05) is 20.8 Å². The number of hydrogen-bond donors (Lipinski definition) is 0. The fourth-order valence-corrected chi connectivity index (χ4v) is 4.77. The van der Waals surface area contributed by atoms with E-state index in [1.165, 1.54) is 0 Å². The summed E-state index contributed by atoms with van der Waals surface area (Å²) < 4.78 is 11.7. The average Bonchev–Trinajstić information content (AvgIpc) is 2.66. The first-order valence-electron chi connectivity index (χ1n) is 8.45. The minimum atomic E-state index is -1.94. The first-order chi connectivity index (χ1) is 10.2. The molecule has 0 bridgehead atoms. The fourth-order valence-electron chi connectivity index (χ4n) is 3.41. The Kier molecular flexibility index (Phi) is 5.79. The summed E-state index contributed by atoms with van der Waals surface area (Å²) in [6.07, 6.45) is -0.389. The van der Waals surface area contributed by atoms with E-state index in [0.717, 1.165) is 0 Å². The number of carbonyl (C=O) groups excluding carboxylic acids is 1. The van der Waals surface area contributed by atoms with Crippen LogP contribution in [0.5, 0.6) is 0 Å². The van der Waals surface area contributed by atoms with Gasteiger partial charge in [-0.15, -0.1) is 0 Å². The molecule has 1 aliphatic heterocycles. The van der Waals surface area contributed by atoms with Crippen LogP contribution in [0.4, 0.5) is 4.79 Å². The van der Waals surface area contributed by atoms with Gasteiger partial charge in [-0.05, 0) is 38.9 Å². The number of carbonyl (C=O) groups is 1. The topological polar surface area (TPSA) is 58.6 Å². The molecule has 1 unspecified atom stereocenters. The molecule has 23 heavy (non-hydrogen) atoms. The number of nitrogens with zero attached hydrogens (tertiary/aromatic N) is 1. The maximum atomic E-state index is 12.1. The average molecular weight is 346 g/mol. The molecule has 0 saturated carbocycles. The van der Waals surface area contributed by atoms with Crippen molar-refractivity contribution in [1.82, 2.24) is 0 Å². The molecule has 0 spiro atoms. The number of ether oxygens (including phenoxy) is 1. The molecule has 0 N–H and O–H groups in total. The lowest BCUT2D eigenvalue weighted by molar-refractivity contribution is -0.931. The van der Waals surface area contributed by atoms with Gasteiger partial charge in [-0.25, -0.2) is 0 Å². The Morgan fingerprint density at radius 1 is 1.22 bits per heavy atom. The molecule has 0 aromatic carbocycles. The van der Waals surface area contributed by atoms with Crippen molar-refractivity contribution in [3.05, 3.63) is 0 Å². The number of carboxylic acid groups (broad SMARTS) is 1. The molecule has 5 nitrogen and oxygen atoms in total. The van der Waals surface area contributed by atoms with Crippen molar-refractivity contribution in [1.29, 1.82) is 0 Å². The largest absolute Gasteiger partial charge is 0.498 e. The van der Waals surface area contributed by atoms with Crippen LogP contribution in [0.25, 0.3) is 0 Å². The van der Waals surface area contributed by atoms with Gasteiger partial charge in [0.1, 0.15) is 18.7 Å². The van der Waals surface area contributed by atoms with Gasteiger partial charge < -0.3 is 19.1 Å². The van der Waals surface area contributed by atoms with Crippen LogP contribution in [-0.2, 0) is 9.16 Å². The first kappa shape index (κ1) is 20.6. The summed E-state index contributed by atoms with van der Waals surface area (Å²) in [6, 6.07) is -0.139. The molecule has 136 valence electrons. The lowest BCUT2D eigenvalue weighted by Gasteiger charge is -2.49. The third-order valence-corrected chi connectivity index (χ3v) is 10.3. The van der Waals surface area contributed by atoms with E-state index in [0.29, 0.717) is 19.6 Å². The van der Waals surface area contributed by atoms with Gasteiger partial charge in [0, 0.05) is 13.5 Å². The zero-order valence-electron chi connectivity index (χ0n) is 16.4. The SMILES string of the molecule is COC[C@H]1C[C@H](O[Si](C)(C)C(C)(C)C)C[N+]1(C(=O)[O-])C(C)(C)C. The van der Waals surface area contributed by atoms with Crippen LogP contribution < -0.4 is 5.11 Å². The Bertz CT molecular complexity index is 439. The van der Waals surface area contributed by atoms with Gasteiger partial charge in [0.05, 0.1) is 12.1 Å². The van der Waals surface area contributed by atoms with Crippen molar-refractivity contribution in [2.24, 2.45) is 0 Å². The van der Waals surface area contributed by atoms with Gasteiger partial charge >= 0.3 is 0 Å². The molecule has 3 atom stereocenters. The Morgan fingerprint density at radius 2 is 1.74 bits per heavy atom. The number of methoxy groups -OCH3 is 1. The van der Waals surface area contributed by atoms with Crippen molar-refractivity contribution in [3.8, 4) is 0 Å². The Balaban J connectivity index is 3.14. The fraction of sp³-hybridized carbons (Fsp3) is 0.941. The Labute approximate surface area is 142 Å². The Hall–Kier alpha value is -0.433. The van der Waals surface area contributed by atoms with Crippen LogP contribution in [0, 0.1) is 0 Å². The lowest BCUT2D eigenvalue weighted by atomic mass is 10.00. The highest BCUT2D eigenvalue weighted by molar-refractivity contribution is 6.74. The summed E-state index contributed by atoms with van der Waals surface area (Å²) in [5.74, 6) is 0. The van der Waals surface area contributed by atoms with E-state index in [2.05, 4.69) is 33.9 Å². The smallest absolute Gasteiger partial charge is 0.258 e. The number of amides is 1.